The van der Waals surface area contributed by atoms with Crippen LogP contribution in [0.4, 0.5) is 0 Å². The second kappa shape index (κ2) is 6.66. The predicted molar refractivity (Wildman–Crippen MR) is 85.0 cm³/mol. The topological polar surface area (TPSA) is 49.6 Å². The SMILES string of the molecule is NCC1(C(=O)N2CCC(N3CCCCC3)CC2)CCCC1. The first-order chi connectivity index (χ1) is 10.2. The fourth-order valence-electron chi connectivity index (χ4n) is 4.61. The van der Waals surface area contributed by atoms with Gasteiger partial charge in [-0.05, 0) is 51.6 Å². The molecule has 3 rings (SSSR count). The minimum atomic E-state index is -0.210. The molecular weight excluding hydrogens is 262 g/mol. The molecule has 1 amide bonds. The lowest BCUT2D eigenvalue weighted by molar-refractivity contribution is -0.143. The van der Waals surface area contributed by atoms with Crippen molar-refractivity contribution < 1.29 is 4.79 Å². The number of nitrogens with two attached hydrogens (primary N) is 1. The summed E-state index contributed by atoms with van der Waals surface area (Å²) in [5.74, 6) is 0.361. The number of likely N-dealkylation sites (tertiary alicyclic amines) is 2. The molecule has 3 fully saturated rings. The van der Waals surface area contributed by atoms with Crippen LogP contribution in [0.5, 0.6) is 0 Å². The van der Waals surface area contributed by atoms with Crippen LogP contribution in [0.15, 0.2) is 0 Å². The van der Waals surface area contributed by atoms with Crippen molar-refractivity contribution in [3.8, 4) is 0 Å². The molecule has 0 atom stereocenters. The molecule has 120 valence electrons. The average Bonchev–Trinajstić information content (AvgIpc) is 3.05. The van der Waals surface area contributed by atoms with Crippen LogP contribution in [-0.2, 0) is 4.79 Å². The Hall–Kier alpha value is -0.610. The first kappa shape index (κ1) is 15.3. The molecule has 0 spiro atoms. The summed E-state index contributed by atoms with van der Waals surface area (Å²) in [7, 11) is 0. The molecule has 1 saturated carbocycles. The molecule has 0 bridgehead atoms. The Labute approximate surface area is 129 Å². The summed E-state index contributed by atoms with van der Waals surface area (Å²) in [5, 5.41) is 0. The van der Waals surface area contributed by atoms with E-state index in [0.29, 0.717) is 18.5 Å². The highest BCUT2D eigenvalue weighted by Gasteiger charge is 2.43. The maximum atomic E-state index is 12.9. The third-order valence-electron chi connectivity index (χ3n) is 6.06. The zero-order valence-electron chi connectivity index (χ0n) is 13.4. The van der Waals surface area contributed by atoms with Crippen molar-refractivity contribution in [3.63, 3.8) is 0 Å². The molecule has 4 heteroatoms. The number of nitrogens with zero attached hydrogens (tertiary/aromatic N) is 2. The van der Waals surface area contributed by atoms with Gasteiger partial charge in [-0.3, -0.25) is 4.79 Å². The maximum absolute atomic E-state index is 12.9. The molecule has 2 aliphatic heterocycles. The van der Waals surface area contributed by atoms with Crippen molar-refractivity contribution >= 4 is 5.91 Å². The van der Waals surface area contributed by atoms with E-state index in [9.17, 15) is 4.79 Å². The van der Waals surface area contributed by atoms with Crippen molar-refractivity contribution in [1.29, 1.82) is 0 Å². The van der Waals surface area contributed by atoms with Gasteiger partial charge in [0, 0.05) is 25.7 Å². The van der Waals surface area contributed by atoms with E-state index < -0.39 is 0 Å². The molecule has 0 aromatic carbocycles. The van der Waals surface area contributed by atoms with Gasteiger partial charge in [-0.25, -0.2) is 0 Å². The molecule has 4 nitrogen and oxygen atoms in total. The Bertz CT molecular complexity index is 351. The van der Waals surface area contributed by atoms with Crippen LogP contribution in [0, 0.1) is 5.41 Å². The zero-order chi connectivity index (χ0) is 14.7. The molecule has 0 aromatic rings. The Morgan fingerprint density at radius 2 is 1.57 bits per heavy atom. The second-order valence-electron chi connectivity index (χ2n) is 7.31. The van der Waals surface area contributed by atoms with Crippen LogP contribution in [-0.4, -0.2) is 54.5 Å². The van der Waals surface area contributed by atoms with Crippen molar-refractivity contribution in [2.45, 2.75) is 63.8 Å². The van der Waals surface area contributed by atoms with Gasteiger partial charge in [0.2, 0.25) is 5.91 Å². The van der Waals surface area contributed by atoms with Crippen LogP contribution in [0.25, 0.3) is 0 Å². The summed E-state index contributed by atoms with van der Waals surface area (Å²) >= 11 is 0. The van der Waals surface area contributed by atoms with Gasteiger partial charge in [-0.15, -0.1) is 0 Å². The first-order valence-electron chi connectivity index (χ1n) is 8.99. The number of rotatable bonds is 3. The van der Waals surface area contributed by atoms with Gasteiger partial charge in [0.25, 0.3) is 0 Å². The van der Waals surface area contributed by atoms with Crippen molar-refractivity contribution in [2.75, 3.05) is 32.7 Å². The van der Waals surface area contributed by atoms with Crippen molar-refractivity contribution in [1.82, 2.24) is 9.80 Å². The number of hydrogen-bond acceptors (Lipinski definition) is 3. The van der Waals surface area contributed by atoms with Crippen LogP contribution < -0.4 is 5.73 Å². The van der Waals surface area contributed by atoms with Gasteiger partial charge >= 0.3 is 0 Å². The Balaban J connectivity index is 1.54. The summed E-state index contributed by atoms with van der Waals surface area (Å²) in [5.41, 5.74) is 5.75. The highest BCUT2D eigenvalue weighted by Crippen LogP contribution is 2.39. The van der Waals surface area contributed by atoms with E-state index in [4.69, 9.17) is 5.73 Å². The lowest BCUT2D eigenvalue weighted by atomic mass is 9.84. The third-order valence-corrected chi connectivity index (χ3v) is 6.06. The van der Waals surface area contributed by atoms with Gasteiger partial charge < -0.3 is 15.5 Å². The first-order valence-corrected chi connectivity index (χ1v) is 8.99. The predicted octanol–water partition coefficient (Wildman–Crippen LogP) is 1.98. The fourth-order valence-corrected chi connectivity index (χ4v) is 4.61. The van der Waals surface area contributed by atoms with Gasteiger partial charge in [0.05, 0.1) is 5.41 Å². The maximum Gasteiger partial charge on any atom is 0.230 e. The molecule has 0 radical (unpaired) electrons. The van der Waals surface area contributed by atoms with Crippen LogP contribution in [0.3, 0.4) is 0 Å². The summed E-state index contributed by atoms with van der Waals surface area (Å²) in [6.07, 6.45) is 10.8. The summed E-state index contributed by atoms with van der Waals surface area (Å²) in [6, 6.07) is 0.715. The van der Waals surface area contributed by atoms with E-state index in [-0.39, 0.29) is 5.41 Å². The van der Waals surface area contributed by atoms with Gasteiger partial charge in [-0.2, -0.15) is 0 Å². The van der Waals surface area contributed by atoms with Crippen LogP contribution >= 0.6 is 0 Å². The molecule has 2 N–H and O–H groups in total. The quantitative estimate of drug-likeness (QED) is 0.865. The molecule has 0 unspecified atom stereocenters. The zero-order valence-corrected chi connectivity index (χ0v) is 13.4. The normalized spacial score (nSPS) is 28.0. The smallest absolute Gasteiger partial charge is 0.230 e. The largest absolute Gasteiger partial charge is 0.342 e. The number of carbonyl (C=O) groups excluding carboxylic acids is 1. The lowest BCUT2D eigenvalue weighted by Gasteiger charge is -2.42. The van der Waals surface area contributed by atoms with Crippen molar-refractivity contribution in [3.05, 3.63) is 0 Å². The fraction of sp³-hybridized carbons (Fsp3) is 0.941. The molecule has 21 heavy (non-hydrogen) atoms. The van der Waals surface area contributed by atoms with Gasteiger partial charge in [0.15, 0.2) is 0 Å². The Morgan fingerprint density at radius 1 is 0.952 bits per heavy atom. The standard InChI is InChI=1S/C17H31N3O/c18-14-17(8-2-3-9-17)16(21)20-12-6-15(7-13-20)19-10-4-1-5-11-19/h15H,1-14,18H2. The van der Waals surface area contributed by atoms with E-state index >= 15 is 0 Å². The van der Waals surface area contributed by atoms with Crippen LogP contribution in [0.1, 0.15) is 57.8 Å². The summed E-state index contributed by atoms with van der Waals surface area (Å²) in [6.45, 7) is 4.97. The summed E-state index contributed by atoms with van der Waals surface area (Å²) in [4.78, 5) is 17.7. The number of amides is 1. The van der Waals surface area contributed by atoms with E-state index in [1.807, 2.05) is 0 Å². The molecule has 2 saturated heterocycles. The number of piperidine rings is 2. The summed E-state index contributed by atoms with van der Waals surface area (Å²) < 4.78 is 0. The molecule has 0 aromatic heterocycles. The second-order valence-corrected chi connectivity index (χ2v) is 7.31. The highest BCUT2D eigenvalue weighted by molar-refractivity contribution is 5.83. The van der Waals surface area contributed by atoms with Crippen LogP contribution in [0.2, 0.25) is 0 Å². The van der Waals surface area contributed by atoms with Gasteiger partial charge in [-0.1, -0.05) is 19.3 Å². The highest BCUT2D eigenvalue weighted by atomic mass is 16.2. The van der Waals surface area contributed by atoms with Crippen molar-refractivity contribution in [2.24, 2.45) is 11.1 Å². The van der Waals surface area contributed by atoms with Gasteiger partial charge in [0.1, 0.15) is 0 Å². The minimum absolute atomic E-state index is 0.210. The monoisotopic (exact) mass is 293 g/mol. The Morgan fingerprint density at radius 3 is 2.14 bits per heavy atom. The Kier molecular flexibility index (Phi) is 4.85. The van der Waals surface area contributed by atoms with E-state index in [2.05, 4.69) is 9.80 Å². The minimum Gasteiger partial charge on any atom is -0.342 e. The van der Waals surface area contributed by atoms with E-state index in [0.717, 1.165) is 38.8 Å². The number of carbonyl (C=O) groups is 1. The molecular formula is C17H31N3O. The third kappa shape index (κ3) is 3.11. The van der Waals surface area contributed by atoms with E-state index in [1.165, 1.54) is 45.2 Å². The molecule has 2 heterocycles. The van der Waals surface area contributed by atoms with E-state index in [1.54, 1.807) is 0 Å². The lowest BCUT2D eigenvalue weighted by Crippen LogP contribution is -2.52. The molecule has 3 aliphatic rings. The molecule has 1 aliphatic carbocycles. The number of hydrogen-bond donors (Lipinski definition) is 1. The average molecular weight is 293 g/mol.